The molecule has 7 atom stereocenters. The number of nitrogens with zero attached hydrogens (tertiary/aromatic N) is 2. The van der Waals surface area contributed by atoms with Gasteiger partial charge in [0.2, 0.25) is 33.6 Å². The molecule has 2 aliphatic carbocycles. The highest BCUT2D eigenvalue weighted by atomic mass is 35.5. The molecule has 2 aliphatic heterocycles. The van der Waals surface area contributed by atoms with Gasteiger partial charge in [0.05, 0.1) is 41.7 Å². The van der Waals surface area contributed by atoms with Gasteiger partial charge in [-0.1, -0.05) is 43.7 Å². The van der Waals surface area contributed by atoms with Crippen molar-refractivity contribution in [3.63, 3.8) is 0 Å². The van der Waals surface area contributed by atoms with Crippen LogP contribution in [0.4, 0.5) is 0 Å². The number of rotatable bonds is 11. The minimum atomic E-state index is -3.97. The number of ketones is 1. The highest BCUT2D eigenvalue weighted by Gasteiger charge is 2.62. The number of Topliss-reactive ketones (excluding diaryl/α,β-unsaturated/α-hetero) is 1. The summed E-state index contributed by atoms with van der Waals surface area (Å²) in [5, 5.41) is 1.69. The van der Waals surface area contributed by atoms with E-state index < -0.39 is 55.7 Å². The van der Waals surface area contributed by atoms with E-state index in [-0.39, 0.29) is 73.6 Å². The molecule has 0 unspecified atom stereocenters. The Morgan fingerprint density at radius 1 is 1.09 bits per heavy atom. The van der Waals surface area contributed by atoms with Crippen molar-refractivity contribution in [2.24, 2.45) is 29.1 Å². The Kier molecular flexibility index (Phi) is 12.9. The number of allylic oxidation sites excluding steroid dienone is 2. The monoisotopic (exact) mass is 843 g/mol. The van der Waals surface area contributed by atoms with Gasteiger partial charge in [-0.25, -0.2) is 8.42 Å². The maximum absolute atomic E-state index is 15.0. The van der Waals surface area contributed by atoms with Crippen LogP contribution >= 0.6 is 11.6 Å². The Morgan fingerprint density at radius 3 is 2.52 bits per heavy atom. The molecule has 0 bridgehead atoms. The van der Waals surface area contributed by atoms with Crippen LogP contribution in [0.3, 0.4) is 0 Å². The molecule has 1 aromatic carbocycles. The fourth-order valence-electron chi connectivity index (χ4n) is 8.39. The lowest BCUT2D eigenvalue weighted by molar-refractivity contribution is -0.160. The van der Waals surface area contributed by atoms with Crippen LogP contribution in [-0.2, 0) is 38.7 Å². The number of carbonyl (C=O) groups is 4. The number of esters is 1. The molecule has 2 saturated carbocycles. The first-order valence-electron chi connectivity index (χ1n) is 20.4. The number of halogens is 1. The Balaban J connectivity index is 1.36. The average Bonchev–Trinajstić information content (AvgIpc) is 4.02. The minimum Gasteiger partial charge on any atom is -0.475 e. The Bertz CT molecular complexity index is 2050. The number of pyridine rings is 1. The second-order valence-corrected chi connectivity index (χ2v) is 20.7. The maximum atomic E-state index is 15.0. The Labute approximate surface area is 347 Å². The van der Waals surface area contributed by atoms with Gasteiger partial charge in [-0.3, -0.25) is 23.9 Å². The molecule has 318 valence electrons. The molecule has 1 aromatic heterocycles. The van der Waals surface area contributed by atoms with Crippen LogP contribution in [-0.4, -0.2) is 91.2 Å². The molecular weight excluding hydrogens is 786 g/mol. The quantitative estimate of drug-likeness (QED) is 0.147. The first-order chi connectivity index (χ1) is 27.3. The van der Waals surface area contributed by atoms with E-state index in [0.29, 0.717) is 54.5 Å². The number of fused-ring (bicyclic) bond motifs is 3. The van der Waals surface area contributed by atoms with Gasteiger partial charge in [-0.15, -0.1) is 0 Å². The topological polar surface area (TPSA) is 168 Å². The maximum Gasteiger partial charge on any atom is 0.307 e. The molecule has 0 spiro atoms. The van der Waals surface area contributed by atoms with Gasteiger partial charge in [0, 0.05) is 41.8 Å². The van der Waals surface area contributed by atoms with Gasteiger partial charge in [-0.05, 0) is 96.1 Å². The molecule has 1 saturated heterocycles. The number of methoxy groups -OCH3 is 1. The average molecular weight is 844 g/mol. The van der Waals surface area contributed by atoms with Crippen LogP contribution in [0, 0.1) is 29.1 Å². The molecule has 0 radical (unpaired) electrons. The summed E-state index contributed by atoms with van der Waals surface area (Å²) in [7, 11) is -2.41. The molecule has 2 amide bonds. The molecule has 4 aliphatic rings. The van der Waals surface area contributed by atoms with Gasteiger partial charge < -0.3 is 23.8 Å². The van der Waals surface area contributed by atoms with Gasteiger partial charge in [-0.2, -0.15) is 4.98 Å². The Morgan fingerprint density at radius 2 is 1.83 bits per heavy atom. The largest absolute Gasteiger partial charge is 0.475 e. The highest BCUT2D eigenvalue weighted by Crippen LogP contribution is 2.58. The third-order valence-corrected chi connectivity index (χ3v) is 14.7. The van der Waals surface area contributed by atoms with Gasteiger partial charge in [0.15, 0.2) is 5.78 Å². The van der Waals surface area contributed by atoms with Crippen molar-refractivity contribution in [3.8, 4) is 11.8 Å². The number of benzene rings is 1. The normalized spacial score (nSPS) is 29.3. The second-order valence-electron chi connectivity index (χ2n) is 18.1. The van der Waals surface area contributed by atoms with Crippen molar-refractivity contribution in [2.75, 3.05) is 26.9 Å². The van der Waals surface area contributed by atoms with E-state index in [9.17, 15) is 27.6 Å². The van der Waals surface area contributed by atoms with Crippen LogP contribution in [0.5, 0.6) is 11.8 Å². The first kappa shape index (κ1) is 43.8. The summed E-state index contributed by atoms with van der Waals surface area (Å²) in [6.07, 6.45) is 6.19. The lowest BCUT2D eigenvalue weighted by atomic mass is 9.82. The van der Waals surface area contributed by atoms with Crippen molar-refractivity contribution in [3.05, 3.63) is 41.4 Å². The van der Waals surface area contributed by atoms with Crippen LogP contribution in [0.15, 0.2) is 36.4 Å². The van der Waals surface area contributed by atoms with Crippen molar-refractivity contribution in [2.45, 2.75) is 122 Å². The summed E-state index contributed by atoms with van der Waals surface area (Å²) in [6.45, 7) is 11.5. The number of ether oxygens (including phenoxy) is 4. The predicted molar refractivity (Wildman–Crippen MR) is 219 cm³/mol. The van der Waals surface area contributed by atoms with Crippen molar-refractivity contribution in [1.82, 2.24) is 14.6 Å². The van der Waals surface area contributed by atoms with E-state index in [1.54, 1.807) is 53.0 Å². The lowest BCUT2D eigenvalue weighted by Gasteiger charge is -2.32. The van der Waals surface area contributed by atoms with E-state index in [1.165, 1.54) is 4.90 Å². The molecule has 6 rings (SSSR count). The number of carbonyl (C=O) groups excluding carboxylic acids is 4. The smallest absolute Gasteiger partial charge is 0.307 e. The minimum absolute atomic E-state index is 0.00388. The first-order valence-corrected chi connectivity index (χ1v) is 22.3. The summed E-state index contributed by atoms with van der Waals surface area (Å²) in [6, 6.07) is 6.01. The van der Waals surface area contributed by atoms with E-state index >= 15 is 0 Å². The lowest BCUT2D eigenvalue weighted by Crippen LogP contribution is -2.48. The number of nitrogens with one attached hydrogen (secondary N) is 1. The van der Waals surface area contributed by atoms with Crippen LogP contribution < -0.4 is 14.2 Å². The molecule has 13 nitrogen and oxygen atoms in total. The molecule has 3 fully saturated rings. The molecule has 2 aromatic rings. The number of sulfonamides is 1. The summed E-state index contributed by atoms with van der Waals surface area (Å²) in [4.78, 5) is 63.3. The van der Waals surface area contributed by atoms with Gasteiger partial charge in [0.25, 0.3) is 0 Å². The SMILES string of the molecule is COCCOc1cc2c(Cl)cccc2c(O[C@@H]2C[C@H]3C(=O)C[C@]4(C(=O)NS(=O)(=O)C5(C)CC5)C[C@H]4/C=C\CC[C@H](C)C[C@@H](C)[C@H](CC(=O)OC(C)(C)C)C(=O)N3C2)n1. The molecule has 58 heavy (non-hydrogen) atoms. The second kappa shape index (κ2) is 17.1. The summed E-state index contributed by atoms with van der Waals surface area (Å²) >= 11 is 6.62. The zero-order chi connectivity index (χ0) is 42.2. The molecule has 1 N–H and O–H groups in total. The van der Waals surface area contributed by atoms with Crippen LogP contribution in [0.2, 0.25) is 5.02 Å². The molecule has 15 heteroatoms. The van der Waals surface area contributed by atoms with Crippen LogP contribution in [0.1, 0.15) is 99.3 Å². The number of hydrogen-bond donors (Lipinski definition) is 1. The summed E-state index contributed by atoms with van der Waals surface area (Å²) in [5.41, 5.74) is -2.06. The fraction of sp³-hybridized carbons (Fsp3) is 0.651. The third-order valence-electron chi connectivity index (χ3n) is 12.2. The summed E-state index contributed by atoms with van der Waals surface area (Å²) in [5.74, 6) is -2.73. The van der Waals surface area contributed by atoms with E-state index in [1.807, 2.05) is 25.1 Å². The van der Waals surface area contributed by atoms with Gasteiger partial charge >= 0.3 is 5.97 Å². The van der Waals surface area contributed by atoms with Crippen molar-refractivity contribution < 1.29 is 46.5 Å². The zero-order valence-corrected chi connectivity index (χ0v) is 36.2. The fourth-order valence-corrected chi connectivity index (χ4v) is 9.95. The molecule has 3 heterocycles. The summed E-state index contributed by atoms with van der Waals surface area (Å²) < 4.78 is 51.1. The van der Waals surface area contributed by atoms with Gasteiger partial charge in [0.1, 0.15) is 18.3 Å². The van der Waals surface area contributed by atoms with Crippen molar-refractivity contribution in [1.29, 1.82) is 0 Å². The standard InChI is InChI=1S/C43H58ClN3O10S/c1-26-11-8-9-12-28-23-43(28,40(51)46-58(52,53)42(6)15-16-42)24-35(48)34-20-29(25-47(34)39(50)31(27(2)19-26)22-37(49)57-41(3,4)5)56-38-30-13-10-14-33(44)32(30)21-36(45-38)55-18-17-54-7/h9-10,12-14,21,26-29,31,34H,8,11,15-20,22-25H2,1-7H3,(H,46,51)/b12-9-/t26-,27+,28+,29+,31-,34-,43+/m0/s1. The number of hydrogen-bond acceptors (Lipinski definition) is 11. The number of aromatic nitrogens is 1. The van der Waals surface area contributed by atoms with E-state index in [4.69, 9.17) is 30.5 Å². The Hall–Kier alpha value is -3.75. The van der Waals surface area contributed by atoms with E-state index in [0.717, 1.165) is 6.42 Å². The number of amides is 2. The molecular formula is C43H58ClN3O10S. The predicted octanol–water partition coefficient (Wildman–Crippen LogP) is 6.59. The zero-order valence-electron chi connectivity index (χ0n) is 34.7. The van der Waals surface area contributed by atoms with Crippen LogP contribution in [0.25, 0.3) is 10.8 Å². The third kappa shape index (κ3) is 9.81. The highest BCUT2D eigenvalue weighted by molar-refractivity contribution is 7.91. The van der Waals surface area contributed by atoms with Crippen molar-refractivity contribution >= 4 is 56.0 Å². The van der Waals surface area contributed by atoms with E-state index in [2.05, 4.69) is 16.6 Å².